The largest absolute Gasteiger partial charge is 0.469 e. The van der Waals surface area contributed by atoms with Crippen molar-refractivity contribution in [1.82, 2.24) is 4.72 Å². The van der Waals surface area contributed by atoms with Gasteiger partial charge in [-0.3, -0.25) is 9.36 Å². The number of sulfonamides is 1. The zero-order chi connectivity index (χ0) is 25.5. The van der Waals surface area contributed by atoms with Crippen molar-refractivity contribution in [3.05, 3.63) is 65.2 Å². The van der Waals surface area contributed by atoms with E-state index in [4.69, 9.17) is 10.5 Å². The Morgan fingerprint density at radius 1 is 1.15 bits per heavy atom. The van der Waals surface area contributed by atoms with E-state index in [2.05, 4.69) is 4.72 Å². The summed E-state index contributed by atoms with van der Waals surface area (Å²) in [6.07, 6.45) is 0.469. The molecule has 0 aromatic heterocycles. The number of nitrogens with one attached hydrogen (secondary N) is 1. The minimum absolute atomic E-state index is 0.181. The van der Waals surface area contributed by atoms with Crippen LogP contribution in [0.2, 0.25) is 0 Å². The summed E-state index contributed by atoms with van der Waals surface area (Å²) >= 11 is 0. The molecule has 0 aliphatic carbocycles. The van der Waals surface area contributed by atoms with E-state index in [0.29, 0.717) is 29.7 Å². The van der Waals surface area contributed by atoms with Gasteiger partial charge in [0.15, 0.2) is 0 Å². The van der Waals surface area contributed by atoms with Crippen LogP contribution < -0.4 is 10.5 Å². The quantitative estimate of drug-likeness (QED) is 0.225. The van der Waals surface area contributed by atoms with Crippen LogP contribution in [0.15, 0.2) is 48.5 Å². The van der Waals surface area contributed by atoms with Crippen LogP contribution in [0.3, 0.4) is 0 Å². The monoisotopic (exact) mass is 510 g/mol. The van der Waals surface area contributed by atoms with Crippen LogP contribution in [0.25, 0.3) is 0 Å². The van der Waals surface area contributed by atoms with Gasteiger partial charge in [0.25, 0.3) is 0 Å². The molecule has 3 unspecified atom stereocenters. The molecule has 0 saturated carbocycles. The summed E-state index contributed by atoms with van der Waals surface area (Å²) in [4.78, 5) is 23.6. The number of nitrogen functional groups attached to an aromatic ring is 1. The molecule has 0 amide bonds. The topological polar surface area (TPSA) is 136 Å². The second-order valence-corrected chi connectivity index (χ2v) is 13.1. The van der Waals surface area contributed by atoms with Gasteiger partial charge in [-0.25, -0.2) is 13.1 Å². The Labute approximate surface area is 202 Å². The summed E-state index contributed by atoms with van der Waals surface area (Å²) < 4.78 is 46.4. The first-order valence-electron chi connectivity index (χ1n) is 11.2. The highest BCUT2D eigenvalue weighted by molar-refractivity contribution is 7.89. The van der Waals surface area contributed by atoms with Crippen LogP contribution in [0.4, 0.5) is 5.69 Å². The maximum atomic E-state index is 13.5. The number of aryl methyl sites for hydroxylation is 1. The third kappa shape index (κ3) is 7.67. The first-order valence-corrected chi connectivity index (χ1v) is 14.7. The number of carbonyl (C=O) groups excluding carboxylic acids is 1. The predicted molar refractivity (Wildman–Crippen MR) is 135 cm³/mol. The molecule has 0 radical (unpaired) electrons. The SMILES string of the molecule is COC(=O)C(CP(=O)(O)C(NS(=O)(=O)CCCc1ccccc1)C(C)C)c1cccc(N)c1C. The van der Waals surface area contributed by atoms with Crippen LogP contribution in [0.1, 0.15) is 42.9 Å². The Hall–Kier alpha value is -2.19. The fourth-order valence-electron chi connectivity index (χ4n) is 3.91. The summed E-state index contributed by atoms with van der Waals surface area (Å²) in [5, 5.41) is 0. The lowest BCUT2D eigenvalue weighted by atomic mass is 9.95. The minimum Gasteiger partial charge on any atom is -0.469 e. The molecule has 188 valence electrons. The number of ether oxygens (including phenoxy) is 1. The van der Waals surface area contributed by atoms with E-state index in [-0.39, 0.29) is 5.75 Å². The number of nitrogens with two attached hydrogens (primary N) is 1. The minimum atomic E-state index is -4.20. The highest BCUT2D eigenvalue weighted by atomic mass is 32.2. The fraction of sp³-hybridized carbons (Fsp3) is 0.458. The Bertz CT molecular complexity index is 1120. The van der Waals surface area contributed by atoms with Gasteiger partial charge in [0, 0.05) is 11.8 Å². The van der Waals surface area contributed by atoms with Crippen molar-refractivity contribution in [2.75, 3.05) is 24.8 Å². The Kier molecular flexibility index (Phi) is 9.88. The van der Waals surface area contributed by atoms with E-state index in [1.165, 1.54) is 7.11 Å². The van der Waals surface area contributed by atoms with Crippen molar-refractivity contribution in [1.29, 1.82) is 0 Å². The number of benzene rings is 2. The molecular formula is C24H35N2O6PS. The molecule has 10 heteroatoms. The summed E-state index contributed by atoms with van der Waals surface area (Å²) in [7, 11) is -6.84. The number of carbonyl (C=O) groups is 1. The molecule has 0 aliphatic heterocycles. The lowest BCUT2D eigenvalue weighted by Crippen LogP contribution is -2.41. The van der Waals surface area contributed by atoms with Gasteiger partial charge in [-0.2, -0.15) is 0 Å². The van der Waals surface area contributed by atoms with E-state index >= 15 is 0 Å². The number of esters is 1. The van der Waals surface area contributed by atoms with Crippen LogP contribution in [-0.4, -0.2) is 44.1 Å². The van der Waals surface area contributed by atoms with Crippen LogP contribution in [0, 0.1) is 12.8 Å². The second-order valence-electron chi connectivity index (χ2n) is 8.79. The molecule has 4 N–H and O–H groups in total. The van der Waals surface area contributed by atoms with Gasteiger partial charge in [0.1, 0.15) is 5.78 Å². The number of hydrogen-bond donors (Lipinski definition) is 3. The molecule has 34 heavy (non-hydrogen) atoms. The smallest absolute Gasteiger partial charge is 0.313 e. The third-order valence-corrected chi connectivity index (χ3v) is 9.91. The van der Waals surface area contributed by atoms with Crippen molar-refractivity contribution in [2.24, 2.45) is 5.92 Å². The molecule has 0 spiro atoms. The highest BCUT2D eigenvalue weighted by Crippen LogP contribution is 2.52. The van der Waals surface area contributed by atoms with Crippen molar-refractivity contribution in [3.8, 4) is 0 Å². The Morgan fingerprint density at radius 3 is 2.38 bits per heavy atom. The van der Waals surface area contributed by atoms with E-state index < -0.39 is 47.1 Å². The lowest BCUT2D eigenvalue weighted by Gasteiger charge is -2.29. The Balaban J connectivity index is 2.22. The summed E-state index contributed by atoms with van der Waals surface area (Å²) in [6.45, 7) is 5.05. The third-order valence-electron chi connectivity index (χ3n) is 5.81. The van der Waals surface area contributed by atoms with Crippen LogP contribution in [0.5, 0.6) is 0 Å². The predicted octanol–water partition coefficient (Wildman–Crippen LogP) is 3.64. The second kappa shape index (κ2) is 12.0. The first kappa shape index (κ1) is 28.1. The molecule has 0 saturated heterocycles. The molecule has 2 rings (SSSR count). The average molecular weight is 511 g/mol. The zero-order valence-electron chi connectivity index (χ0n) is 20.1. The zero-order valence-corrected chi connectivity index (χ0v) is 21.8. The van der Waals surface area contributed by atoms with Gasteiger partial charge in [-0.15, -0.1) is 0 Å². The highest BCUT2D eigenvalue weighted by Gasteiger charge is 2.41. The van der Waals surface area contributed by atoms with Gasteiger partial charge in [-0.05, 0) is 48.4 Å². The van der Waals surface area contributed by atoms with Crippen molar-refractivity contribution >= 4 is 29.0 Å². The van der Waals surface area contributed by atoms with Crippen molar-refractivity contribution in [2.45, 2.75) is 45.3 Å². The molecule has 0 fully saturated rings. The van der Waals surface area contributed by atoms with E-state index in [0.717, 1.165) is 5.56 Å². The normalized spacial score (nSPS) is 15.5. The van der Waals surface area contributed by atoms with Gasteiger partial charge in [0.05, 0.1) is 18.8 Å². The molecular weight excluding hydrogens is 475 g/mol. The standard InChI is InChI=1S/C24H35N2O6PS/c1-17(2)23(26-34(30,31)15-9-12-19-10-6-5-7-11-19)33(28,29)16-21(24(27)32-4)20-13-8-14-22(25)18(20)3/h5-8,10-11,13-14,17,21,23,26H,9,12,15-16,25H2,1-4H3,(H,28,29). The Morgan fingerprint density at radius 2 is 1.79 bits per heavy atom. The average Bonchev–Trinajstić information content (AvgIpc) is 2.78. The summed E-state index contributed by atoms with van der Waals surface area (Å²) in [6, 6.07) is 14.5. The molecule has 2 aromatic rings. The van der Waals surface area contributed by atoms with E-state index in [9.17, 15) is 22.7 Å². The van der Waals surface area contributed by atoms with Crippen molar-refractivity contribution in [3.63, 3.8) is 0 Å². The maximum Gasteiger partial charge on any atom is 0.313 e. The maximum absolute atomic E-state index is 13.5. The van der Waals surface area contributed by atoms with Crippen molar-refractivity contribution < 1.29 is 27.4 Å². The lowest BCUT2D eigenvalue weighted by molar-refractivity contribution is -0.141. The summed E-state index contributed by atoms with van der Waals surface area (Å²) in [5.41, 5.74) is 8.52. The number of rotatable bonds is 12. The van der Waals surface area contributed by atoms with Gasteiger partial charge >= 0.3 is 5.97 Å². The molecule has 8 nitrogen and oxygen atoms in total. The molecule has 0 aliphatic rings. The van der Waals surface area contributed by atoms with Gasteiger partial charge in [-0.1, -0.05) is 56.3 Å². The number of hydrogen-bond acceptors (Lipinski definition) is 6. The van der Waals surface area contributed by atoms with Crippen LogP contribution in [-0.2, 0) is 30.5 Å². The molecule has 2 aromatic carbocycles. The molecule has 0 bridgehead atoms. The number of methoxy groups -OCH3 is 1. The number of anilines is 1. The summed E-state index contributed by atoms with van der Waals surface area (Å²) in [5.74, 6) is -3.66. The molecule has 3 atom stereocenters. The van der Waals surface area contributed by atoms with Crippen LogP contribution >= 0.6 is 7.37 Å². The fourth-order valence-corrected chi connectivity index (χ4v) is 8.36. The van der Waals surface area contributed by atoms with Gasteiger partial charge in [0.2, 0.25) is 17.4 Å². The molecule has 0 heterocycles. The van der Waals surface area contributed by atoms with Gasteiger partial charge < -0.3 is 15.4 Å². The first-order chi connectivity index (χ1) is 15.9. The van der Waals surface area contributed by atoms with E-state index in [1.54, 1.807) is 39.0 Å². The van der Waals surface area contributed by atoms with E-state index in [1.807, 2.05) is 30.3 Å².